The van der Waals surface area contributed by atoms with Gasteiger partial charge in [-0.1, -0.05) is 38.1 Å². The predicted molar refractivity (Wildman–Crippen MR) is 197 cm³/mol. The molecule has 0 spiro atoms. The number of hydrogen-bond donors (Lipinski definition) is 4. The van der Waals surface area contributed by atoms with Crippen LogP contribution in [0.15, 0.2) is 61.1 Å². The Morgan fingerprint density at radius 3 is 2.34 bits per heavy atom. The molecule has 53 heavy (non-hydrogen) atoms. The Bertz CT molecular complexity index is 1740. The molecular weight excluding hydrogens is 678 g/mol. The monoisotopic (exact) mass is 729 g/mol. The number of methoxy groups -OCH3 is 1. The van der Waals surface area contributed by atoms with E-state index in [0.717, 1.165) is 24.0 Å². The van der Waals surface area contributed by atoms with Crippen molar-refractivity contribution in [1.29, 1.82) is 0 Å². The van der Waals surface area contributed by atoms with Crippen LogP contribution in [-0.4, -0.2) is 95.0 Å². The Morgan fingerprint density at radius 1 is 1.00 bits per heavy atom. The van der Waals surface area contributed by atoms with Crippen molar-refractivity contribution in [3.05, 3.63) is 77.9 Å². The second kappa shape index (κ2) is 17.9. The van der Waals surface area contributed by atoms with Crippen molar-refractivity contribution >= 4 is 29.5 Å². The largest absolute Gasteiger partial charge is 0.497 e. The fourth-order valence-electron chi connectivity index (χ4n) is 6.33. The van der Waals surface area contributed by atoms with Gasteiger partial charge in [0.15, 0.2) is 0 Å². The van der Waals surface area contributed by atoms with Crippen LogP contribution in [0.25, 0.3) is 0 Å². The molecule has 2 aromatic carbocycles. The van der Waals surface area contributed by atoms with Gasteiger partial charge < -0.3 is 40.2 Å². The average molecular weight is 730 g/mol. The van der Waals surface area contributed by atoms with E-state index >= 15 is 0 Å². The highest BCUT2D eigenvalue weighted by Gasteiger charge is 2.34. The zero-order chi connectivity index (χ0) is 38.1. The number of nitrogens with zero attached hydrogens (tertiary/aromatic N) is 3. The van der Waals surface area contributed by atoms with Crippen molar-refractivity contribution in [2.24, 2.45) is 18.9 Å². The standard InChI is InChI=1S/C39H51N7O7/c1-24(2)16-29-22-53-31-14-10-27(11-15-31)18-33(44-38(50)34-19-40-23-45(34)4)37(49)43-32(17-26-8-12-30(52-5)13-9-26)36(48)41-25(3)39(51)46(20-28-6-7-28)21-35(47)42-29/h8-15,19,23-25,28-29,32-33H,6-7,16-18,20-22H2,1-5H3,(H,41,48)(H,42,47)(H,43,49)(H,44,50)/t25-,29+,32+,33+/m1/s1. The van der Waals surface area contributed by atoms with Crippen molar-refractivity contribution in [1.82, 2.24) is 35.7 Å². The molecule has 3 heterocycles. The van der Waals surface area contributed by atoms with Gasteiger partial charge in [0.2, 0.25) is 23.6 Å². The molecule has 14 nitrogen and oxygen atoms in total. The van der Waals surface area contributed by atoms with Crippen molar-refractivity contribution < 1.29 is 33.4 Å². The van der Waals surface area contributed by atoms with Crippen LogP contribution in [0.3, 0.4) is 0 Å². The average Bonchev–Trinajstić information content (AvgIpc) is 3.84. The number of carbonyl (C=O) groups excluding carboxylic acids is 5. The summed E-state index contributed by atoms with van der Waals surface area (Å²) in [6, 6.07) is 10.7. The topological polar surface area (TPSA) is 173 Å². The lowest BCUT2D eigenvalue weighted by molar-refractivity contribution is -0.140. The van der Waals surface area contributed by atoms with Gasteiger partial charge in [-0.05, 0) is 73.4 Å². The maximum Gasteiger partial charge on any atom is 0.270 e. The highest BCUT2D eigenvalue weighted by atomic mass is 16.5. The van der Waals surface area contributed by atoms with Crippen LogP contribution < -0.4 is 30.7 Å². The smallest absolute Gasteiger partial charge is 0.270 e. The predicted octanol–water partition coefficient (Wildman–Crippen LogP) is 2.16. The minimum Gasteiger partial charge on any atom is -0.497 e. The number of amides is 5. The normalized spacial score (nSPS) is 22.0. The summed E-state index contributed by atoms with van der Waals surface area (Å²) in [5, 5.41) is 11.6. The number of aryl methyl sites for hydroxylation is 1. The molecule has 4 N–H and O–H groups in total. The van der Waals surface area contributed by atoms with Crippen LogP contribution >= 0.6 is 0 Å². The Kier molecular flexibility index (Phi) is 13.1. The van der Waals surface area contributed by atoms with Crippen LogP contribution in [0.5, 0.6) is 11.5 Å². The van der Waals surface area contributed by atoms with Gasteiger partial charge >= 0.3 is 0 Å². The minimum absolute atomic E-state index is 0.0857. The SMILES string of the molecule is COc1ccc(C[C@@H]2NC(=O)[C@@H](NC(=O)c3cncn3C)Cc3ccc(cc3)OC[C@H](CC(C)C)NC(=O)CN(CC3CC3)C(=O)[C@@H](C)NC2=O)cc1. The number of aromatic nitrogens is 2. The van der Waals surface area contributed by atoms with Gasteiger partial charge in [-0.15, -0.1) is 0 Å². The Balaban J connectivity index is 1.47. The molecular formula is C39H51N7O7. The molecule has 6 rings (SSSR count). The molecule has 1 saturated carbocycles. The van der Waals surface area contributed by atoms with E-state index in [-0.39, 0.29) is 49.6 Å². The summed E-state index contributed by atoms with van der Waals surface area (Å²) in [5.41, 5.74) is 1.72. The number of nitrogens with one attached hydrogen (secondary N) is 4. The van der Waals surface area contributed by atoms with E-state index in [4.69, 9.17) is 9.47 Å². The summed E-state index contributed by atoms with van der Waals surface area (Å²) in [6.07, 6.45) is 5.67. The first kappa shape index (κ1) is 38.8. The summed E-state index contributed by atoms with van der Waals surface area (Å²) in [5.74, 6) is -0.637. The van der Waals surface area contributed by atoms with E-state index in [1.165, 1.54) is 17.4 Å². The quantitative estimate of drug-likeness (QED) is 0.243. The number of fused-ring (bicyclic) bond motifs is 17. The summed E-state index contributed by atoms with van der Waals surface area (Å²) >= 11 is 0. The van der Waals surface area contributed by atoms with Crippen molar-refractivity contribution in [3.8, 4) is 11.5 Å². The Hall–Kier alpha value is -5.40. The lowest BCUT2D eigenvalue weighted by atomic mass is 10.0. The summed E-state index contributed by atoms with van der Waals surface area (Å²) < 4.78 is 12.9. The second-order valence-electron chi connectivity index (χ2n) is 14.5. The van der Waals surface area contributed by atoms with Crippen LogP contribution in [0.2, 0.25) is 0 Å². The fraction of sp³-hybridized carbons (Fsp3) is 0.487. The first-order valence-corrected chi connectivity index (χ1v) is 18.2. The molecule has 0 unspecified atom stereocenters. The summed E-state index contributed by atoms with van der Waals surface area (Å²) in [6.45, 7) is 6.15. The number of imidazole rings is 1. The van der Waals surface area contributed by atoms with Gasteiger partial charge in [0, 0.05) is 26.4 Å². The number of hydrogen-bond acceptors (Lipinski definition) is 8. The molecule has 2 aliphatic heterocycles. The maximum atomic E-state index is 14.1. The van der Waals surface area contributed by atoms with Crippen LogP contribution in [-0.2, 0) is 39.1 Å². The third-order valence-corrected chi connectivity index (χ3v) is 9.39. The Morgan fingerprint density at radius 2 is 1.72 bits per heavy atom. The molecule has 4 atom stereocenters. The zero-order valence-corrected chi connectivity index (χ0v) is 31.1. The number of benzene rings is 2. The van der Waals surface area contributed by atoms with E-state index in [0.29, 0.717) is 30.4 Å². The lowest BCUT2D eigenvalue weighted by Crippen LogP contribution is -2.58. The third kappa shape index (κ3) is 11.3. The van der Waals surface area contributed by atoms with Crippen LogP contribution in [0.4, 0.5) is 0 Å². The molecule has 1 aromatic heterocycles. The minimum atomic E-state index is -1.12. The van der Waals surface area contributed by atoms with E-state index in [1.807, 2.05) is 12.1 Å². The van der Waals surface area contributed by atoms with E-state index in [1.54, 1.807) is 62.0 Å². The highest BCUT2D eigenvalue weighted by molar-refractivity contribution is 5.98. The summed E-state index contributed by atoms with van der Waals surface area (Å²) in [7, 11) is 3.23. The molecule has 5 amide bonds. The van der Waals surface area contributed by atoms with E-state index in [2.05, 4.69) is 40.1 Å². The third-order valence-electron chi connectivity index (χ3n) is 9.39. The molecule has 1 aliphatic carbocycles. The number of ether oxygens (including phenoxy) is 2. The number of carbonyl (C=O) groups is 5. The van der Waals surface area contributed by atoms with Crippen LogP contribution in [0.1, 0.15) is 61.6 Å². The lowest BCUT2D eigenvalue weighted by Gasteiger charge is -2.29. The molecule has 1 fully saturated rings. The van der Waals surface area contributed by atoms with Gasteiger partial charge in [-0.25, -0.2) is 4.98 Å². The molecule has 2 bridgehead atoms. The molecule has 0 saturated heterocycles. The maximum absolute atomic E-state index is 14.1. The van der Waals surface area contributed by atoms with E-state index in [9.17, 15) is 24.0 Å². The molecule has 14 heteroatoms. The molecule has 284 valence electrons. The first-order chi connectivity index (χ1) is 25.4. The molecule has 3 aromatic rings. The zero-order valence-electron chi connectivity index (χ0n) is 31.1. The van der Waals surface area contributed by atoms with Gasteiger partial charge in [-0.2, -0.15) is 0 Å². The van der Waals surface area contributed by atoms with Gasteiger partial charge in [0.25, 0.3) is 5.91 Å². The van der Waals surface area contributed by atoms with Crippen molar-refractivity contribution in [2.75, 3.05) is 26.8 Å². The Labute approximate surface area is 310 Å². The first-order valence-electron chi connectivity index (χ1n) is 18.2. The van der Waals surface area contributed by atoms with Gasteiger partial charge in [0.05, 0.1) is 32.2 Å². The van der Waals surface area contributed by atoms with Crippen molar-refractivity contribution in [3.63, 3.8) is 0 Å². The molecule has 3 aliphatic rings. The highest BCUT2D eigenvalue weighted by Crippen LogP contribution is 2.30. The second-order valence-corrected chi connectivity index (χ2v) is 14.5. The summed E-state index contributed by atoms with van der Waals surface area (Å²) in [4.78, 5) is 74.3. The fourth-order valence-corrected chi connectivity index (χ4v) is 6.33. The van der Waals surface area contributed by atoms with Gasteiger partial charge in [0.1, 0.15) is 41.9 Å². The van der Waals surface area contributed by atoms with Gasteiger partial charge in [-0.3, -0.25) is 24.0 Å². The molecule has 0 radical (unpaired) electrons. The van der Waals surface area contributed by atoms with E-state index < -0.39 is 41.8 Å². The van der Waals surface area contributed by atoms with Crippen LogP contribution in [0, 0.1) is 11.8 Å². The van der Waals surface area contributed by atoms with Crippen molar-refractivity contribution in [2.45, 2.75) is 77.0 Å². The number of rotatable bonds is 9.